The molecule has 0 aliphatic heterocycles. The Bertz CT molecular complexity index is 240. The van der Waals surface area contributed by atoms with Crippen molar-refractivity contribution in [3.63, 3.8) is 0 Å². The lowest BCUT2D eigenvalue weighted by Gasteiger charge is -2.01. The van der Waals surface area contributed by atoms with Gasteiger partial charge in [-0.05, 0) is 25.7 Å². The predicted octanol–water partition coefficient (Wildman–Crippen LogP) is 3.99. The fourth-order valence-corrected chi connectivity index (χ4v) is 2.15. The van der Waals surface area contributed by atoms with Gasteiger partial charge in [0, 0.05) is 25.7 Å². The van der Waals surface area contributed by atoms with Crippen LogP contribution in [-0.4, -0.2) is 11.6 Å². The minimum Gasteiger partial charge on any atom is -0.300 e. The van der Waals surface area contributed by atoms with Crippen LogP contribution in [0.25, 0.3) is 0 Å². The average molecular weight is 236 g/mol. The number of carbonyl (C=O) groups excluding carboxylic acids is 2. The molecule has 0 spiro atoms. The molecule has 0 aromatic heterocycles. The first-order chi connectivity index (χ1) is 8.29. The molecule has 1 rings (SSSR count). The Labute approximate surface area is 104 Å². The molecule has 0 N–H and O–H groups in total. The second kappa shape index (κ2) is 9.15. The highest BCUT2D eigenvalue weighted by atomic mass is 16.1. The van der Waals surface area contributed by atoms with Crippen molar-refractivity contribution in [3.8, 4) is 0 Å². The predicted molar refractivity (Wildman–Crippen MR) is 69.9 cm³/mol. The molecule has 0 atom stereocenters. The largest absolute Gasteiger partial charge is 0.300 e. The van der Waals surface area contributed by atoms with Crippen LogP contribution >= 0.6 is 0 Å². The second-order valence-corrected chi connectivity index (χ2v) is 4.89. The van der Waals surface area contributed by atoms with Gasteiger partial charge in [0.05, 0.1) is 0 Å². The van der Waals surface area contributed by atoms with E-state index in [0.29, 0.717) is 24.4 Å². The highest BCUT2D eigenvalue weighted by Gasteiger charge is 2.03. The zero-order valence-corrected chi connectivity index (χ0v) is 10.7. The Morgan fingerprint density at radius 2 is 1.00 bits per heavy atom. The summed E-state index contributed by atoms with van der Waals surface area (Å²) in [6.45, 7) is 0. The zero-order valence-electron chi connectivity index (χ0n) is 10.7. The van der Waals surface area contributed by atoms with Crippen molar-refractivity contribution >= 4 is 11.6 Å². The van der Waals surface area contributed by atoms with E-state index in [9.17, 15) is 9.59 Å². The maximum absolute atomic E-state index is 11.5. The molecule has 0 radical (unpaired) electrons. The summed E-state index contributed by atoms with van der Waals surface area (Å²) in [5, 5.41) is 0. The minimum absolute atomic E-state index is 0.389. The van der Waals surface area contributed by atoms with Gasteiger partial charge in [-0.15, -0.1) is 0 Å². The maximum atomic E-state index is 11.5. The topological polar surface area (TPSA) is 34.1 Å². The van der Waals surface area contributed by atoms with Gasteiger partial charge >= 0.3 is 0 Å². The van der Waals surface area contributed by atoms with Crippen LogP contribution in [0.5, 0.6) is 0 Å². The van der Waals surface area contributed by atoms with E-state index in [1.54, 1.807) is 0 Å². The van der Waals surface area contributed by atoms with Gasteiger partial charge in [-0.2, -0.15) is 0 Å². The molecule has 1 aliphatic rings. The van der Waals surface area contributed by atoms with Crippen LogP contribution in [0.1, 0.15) is 70.6 Å². The number of hydrogen-bond acceptors (Lipinski definition) is 2. The van der Waals surface area contributed by atoms with Gasteiger partial charge in [0.25, 0.3) is 0 Å². The summed E-state index contributed by atoms with van der Waals surface area (Å²) in [6, 6.07) is 0. The van der Waals surface area contributed by atoms with Crippen molar-refractivity contribution in [1.82, 2.24) is 0 Å². The molecular formula is C15H24O2. The lowest BCUT2D eigenvalue weighted by atomic mass is 10.0. The quantitative estimate of drug-likeness (QED) is 0.596. The molecule has 0 amide bonds. The van der Waals surface area contributed by atoms with E-state index in [1.807, 2.05) is 12.2 Å². The van der Waals surface area contributed by atoms with Gasteiger partial charge in [0.2, 0.25) is 0 Å². The van der Waals surface area contributed by atoms with Crippen molar-refractivity contribution in [2.45, 2.75) is 70.6 Å². The summed E-state index contributed by atoms with van der Waals surface area (Å²) in [6.07, 6.45) is 14.1. The number of Topliss-reactive ketones (excluding diaryl/α,β-unsaturated/α-hetero) is 2. The fourth-order valence-electron chi connectivity index (χ4n) is 2.15. The first-order valence-electron chi connectivity index (χ1n) is 6.97. The van der Waals surface area contributed by atoms with Gasteiger partial charge < -0.3 is 0 Å². The Balaban J connectivity index is 2.31. The van der Waals surface area contributed by atoms with Gasteiger partial charge in [-0.3, -0.25) is 9.59 Å². The number of ketones is 2. The van der Waals surface area contributed by atoms with E-state index in [0.717, 1.165) is 51.4 Å². The van der Waals surface area contributed by atoms with Crippen LogP contribution in [0.4, 0.5) is 0 Å². The Kier molecular flexibility index (Phi) is 7.61. The maximum Gasteiger partial charge on any atom is 0.133 e. The van der Waals surface area contributed by atoms with Crippen molar-refractivity contribution in [1.29, 1.82) is 0 Å². The van der Waals surface area contributed by atoms with Crippen LogP contribution in [0, 0.1) is 0 Å². The molecule has 2 heteroatoms. The number of allylic oxidation sites excluding steroid dienone is 2. The summed E-state index contributed by atoms with van der Waals surface area (Å²) in [4.78, 5) is 23.0. The molecule has 2 nitrogen and oxygen atoms in total. The normalized spacial score (nSPS) is 23.8. The van der Waals surface area contributed by atoms with Gasteiger partial charge in [-0.1, -0.05) is 31.4 Å². The third-order valence-electron chi connectivity index (χ3n) is 3.26. The molecular weight excluding hydrogens is 212 g/mol. The van der Waals surface area contributed by atoms with Crippen molar-refractivity contribution in [2.24, 2.45) is 0 Å². The van der Waals surface area contributed by atoms with Gasteiger partial charge in [0.15, 0.2) is 0 Å². The molecule has 17 heavy (non-hydrogen) atoms. The lowest BCUT2D eigenvalue weighted by Crippen LogP contribution is -1.97. The van der Waals surface area contributed by atoms with Crippen LogP contribution < -0.4 is 0 Å². The highest BCUT2D eigenvalue weighted by Crippen LogP contribution is 2.11. The lowest BCUT2D eigenvalue weighted by molar-refractivity contribution is -0.119. The standard InChI is InChI=1S/C15H24O2/c16-14-10-6-2-1-3-7-11-15(17)13-9-5-4-8-12-14/h4-5H,1-3,6-13H2/b5-4-. The van der Waals surface area contributed by atoms with E-state index in [4.69, 9.17) is 0 Å². The SMILES string of the molecule is O=C1CC/C=C\CCC(=O)CCCCCCC1. The van der Waals surface area contributed by atoms with Gasteiger partial charge in [0.1, 0.15) is 11.6 Å². The van der Waals surface area contributed by atoms with Crippen LogP contribution in [0.2, 0.25) is 0 Å². The first kappa shape index (κ1) is 14.1. The second-order valence-electron chi connectivity index (χ2n) is 4.89. The summed E-state index contributed by atoms with van der Waals surface area (Å²) in [5.74, 6) is 0.779. The fraction of sp³-hybridized carbons (Fsp3) is 0.733. The molecule has 0 bridgehead atoms. The van der Waals surface area contributed by atoms with E-state index < -0.39 is 0 Å². The third kappa shape index (κ3) is 7.89. The zero-order chi connectivity index (χ0) is 12.3. The van der Waals surface area contributed by atoms with E-state index in [1.165, 1.54) is 6.42 Å². The minimum atomic E-state index is 0.389. The van der Waals surface area contributed by atoms with E-state index >= 15 is 0 Å². The third-order valence-corrected chi connectivity index (χ3v) is 3.26. The Morgan fingerprint density at radius 1 is 0.588 bits per heavy atom. The van der Waals surface area contributed by atoms with Crippen molar-refractivity contribution in [3.05, 3.63) is 12.2 Å². The first-order valence-corrected chi connectivity index (χ1v) is 6.97. The smallest absolute Gasteiger partial charge is 0.133 e. The van der Waals surface area contributed by atoms with Gasteiger partial charge in [-0.25, -0.2) is 0 Å². The highest BCUT2D eigenvalue weighted by molar-refractivity contribution is 5.78. The van der Waals surface area contributed by atoms with Crippen molar-refractivity contribution in [2.75, 3.05) is 0 Å². The Morgan fingerprint density at radius 3 is 1.47 bits per heavy atom. The molecule has 0 saturated heterocycles. The average Bonchev–Trinajstić information content (AvgIpc) is 2.32. The van der Waals surface area contributed by atoms with E-state index in [-0.39, 0.29) is 0 Å². The molecule has 0 aromatic carbocycles. The Hall–Kier alpha value is -0.920. The molecule has 96 valence electrons. The molecule has 0 heterocycles. The summed E-state index contributed by atoms with van der Waals surface area (Å²) < 4.78 is 0. The van der Waals surface area contributed by atoms with E-state index in [2.05, 4.69) is 0 Å². The monoisotopic (exact) mass is 236 g/mol. The van der Waals surface area contributed by atoms with Crippen molar-refractivity contribution < 1.29 is 9.59 Å². The molecule has 0 fully saturated rings. The van der Waals surface area contributed by atoms with Crippen LogP contribution in [0.15, 0.2) is 12.2 Å². The molecule has 0 aromatic rings. The number of hydrogen-bond donors (Lipinski definition) is 0. The summed E-state index contributed by atoms with van der Waals surface area (Å²) >= 11 is 0. The molecule has 0 saturated carbocycles. The van der Waals surface area contributed by atoms with Crippen LogP contribution in [-0.2, 0) is 9.59 Å². The summed E-state index contributed by atoms with van der Waals surface area (Å²) in [7, 11) is 0. The van der Waals surface area contributed by atoms with Crippen LogP contribution in [0.3, 0.4) is 0 Å². The number of rotatable bonds is 0. The molecule has 1 aliphatic carbocycles. The summed E-state index contributed by atoms with van der Waals surface area (Å²) in [5.41, 5.74) is 0. The molecule has 0 unspecified atom stereocenters. The number of carbonyl (C=O) groups is 2.